The molecule has 65 heavy (non-hydrogen) atoms. The van der Waals surface area contributed by atoms with Crippen LogP contribution >= 0.6 is 0 Å². The van der Waals surface area contributed by atoms with Crippen molar-refractivity contribution in [3.63, 3.8) is 0 Å². The molecule has 9 N–H and O–H groups in total. The predicted octanol–water partition coefficient (Wildman–Crippen LogP) is 3.59. The molecule has 0 bridgehead atoms. The predicted molar refractivity (Wildman–Crippen MR) is 233 cm³/mol. The van der Waals surface area contributed by atoms with Gasteiger partial charge in [0.05, 0.1) is 30.8 Å². The van der Waals surface area contributed by atoms with Crippen LogP contribution in [0, 0.1) is 11.6 Å². The van der Waals surface area contributed by atoms with E-state index in [9.17, 15) is 28.0 Å². The molecule has 336 valence electrons. The average molecular weight is 889 g/mol. The molecular weight excluding hydrogens is 843 g/mol. The van der Waals surface area contributed by atoms with Crippen molar-refractivity contribution in [3.8, 4) is 23.0 Å². The van der Waals surface area contributed by atoms with Crippen molar-refractivity contribution in [2.75, 3.05) is 28.7 Å². The Morgan fingerprint density at radius 3 is 1.62 bits per heavy atom. The van der Waals surface area contributed by atoms with Crippen LogP contribution < -0.4 is 33.2 Å². The Morgan fingerprint density at radius 1 is 0.738 bits per heavy atom. The van der Waals surface area contributed by atoms with E-state index < -0.39 is 34.5 Å². The Hall–Kier alpha value is -7.68. The molecule has 2 aliphatic carbocycles. The standard InChI is InChI=1S/C21H20FN7O2.C20H19FN6O3.C3H7N/c1-21(19(30)24-12-6-7-12)15-16(23)25-17(26-18(15)27-20(21)31)14-8-9-29(28-14)10-11-4-2-3-5-13(11)22;1-3-30-19(29)20(2)14-15(22)23-16(24-17(14)25-18(20)28)13-8-9-27(26-13)10-11-6-4-5-7-12(11)21;4-3-1-2-3/h2-5,8-9,12H,6-7,10H2,1H3,(H,24,30)(H3,23,25,26,27,31);4-9H,3,10H2,1-2H3,(H3,22,23,24,25,28);3H,1-2,4H2. The summed E-state index contributed by atoms with van der Waals surface area (Å²) in [5.74, 6) is -2.13. The summed E-state index contributed by atoms with van der Waals surface area (Å²) in [4.78, 5) is 67.7. The van der Waals surface area contributed by atoms with Crippen molar-refractivity contribution in [2.45, 2.75) is 82.5 Å². The summed E-state index contributed by atoms with van der Waals surface area (Å²) in [5.41, 5.74) is 16.6. The molecule has 10 rings (SSSR count). The molecule has 2 aromatic carbocycles. The maximum absolute atomic E-state index is 13.9. The summed E-state index contributed by atoms with van der Waals surface area (Å²) in [7, 11) is 0. The summed E-state index contributed by atoms with van der Waals surface area (Å²) < 4.78 is 35.9. The van der Waals surface area contributed by atoms with Crippen molar-refractivity contribution < 1.29 is 32.7 Å². The van der Waals surface area contributed by atoms with Gasteiger partial charge in [-0.3, -0.25) is 28.5 Å². The van der Waals surface area contributed by atoms with Crippen LogP contribution in [0.2, 0.25) is 0 Å². The summed E-state index contributed by atoms with van der Waals surface area (Å²) in [6, 6.07) is 16.9. The molecule has 2 saturated carbocycles. The van der Waals surface area contributed by atoms with Crippen LogP contribution in [0.25, 0.3) is 23.0 Å². The lowest BCUT2D eigenvalue weighted by Crippen LogP contribution is -2.48. The molecule has 2 fully saturated rings. The quantitative estimate of drug-likeness (QED) is 0.0848. The number of carbonyl (C=O) groups excluding carboxylic acids is 4. The van der Waals surface area contributed by atoms with Gasteiger partial charge in [0.15, 0.2) is 22.5 Å². The van der Waals surface area contributed by atoms with E-state index in [-0.39, 0.29) is 83.4 Å². The van der Waals surface area contributed by atoms with Crippen molar-refractivity contribution in [2.24, 2.45) is 5.73 Å². The third-order valence-electron chi connectivity index (χ3n) is 11.2. The van der Waals surface area contributed by atoms with Crippen molar-refractivity contribution in [3.05, 3.63) is 107 Å². The van der Waals surface area contributed by atoms with E-state index in [4.69, 9.17) is 21.9 Å². The first-order valence-electron chi connectivity index (χ1n) is 20.9. The lowest BCUT2D eigenvalue weighted by molar-refractivity contribution is -0.152. The second kappa shape index (κ2) is 17.5. The van der Waals surface area contributed by atoms with E-state index in [2.05, 4.69) is 46.1 Å². The van der Waals surface area contributed by atoms with Crippen LogP contribution in [0.3, 0.4) is 0 Å². The van der Waals surface area contributed by atoms with E-state index in [1.807, 2.05) is 0 Å². The molecule has 4 aromatic heterocycles. The van der Waals surface area contributed by atoms with E-state index in [0.29, 0.717) is 28.6 Å². The van der Waals surface area contributed by atoms with Gasteiger partial charge in [-0.15, -0.1) is 0 Å². The summed E-state index contributed by atoms with van der Waals surface area (Å²) in [6.07, 6.45) is 7.67. The number of hydrogen-bond acceptors (Lipinski definition) is 14. The van der Waals surface area contributed by atoms with Gasteiger partial charge in [-0.05, 0) is 70.7 Å². The average Bonchev–Trinajstić information content (AvgIpc) is 4.08. The van der Waals surface area contributed by atoms with E-state index in [0.717, 1.165) is 12.8 Å². The number of amides is 3. The Kier molecular flexibility index (Phi) is 11.8. The molecule has 6 heterocycles. The third kappa shape index (κ3) is 8.81. The number of nitrogen functional groups attached to an aromatic ring is 2. The molecule has 4 aliphatic rings. The van der Waals surface area contributed by atoms with Gasteiger partial charge in [-0.25, -0.2) is 28.7 Å². The zero-order chi connectivity index (χ0) is 46.2. The number of nitrogens with one attached hydrogen (secondary N) is 3. The van der Waals surface area contributed by atoms with Gasteiger partial charge >= 0.3 is 5.97 Å². The van der Waals surface area contributed by atoms with Gasteiger partial charge in [0, 0.05) is 35.6 Å². The zero-order valence-electron chi connectivity index (χ0n) is 35.6. The second-order valence-electron chi connectivity index (χ2n) is 16.3. The SMILES string of the molecule is CC1(C(=O)NC2CC2)C(=O)Nc2nc(-c3ccn(Cc4ccccc4F)n3)nc(N)c21.CCOC(=O)C1(C)C(=O)Nc2nc(-c3ccn(Cc4ccccc4F)n3)nc(N)c21.NC1CC1. The van der Waals surface area contributed by atoms with E-state index >= 15 is 0 Å². The number of ether oxygens (including phenoxy) is 1. The molecule has 2 atom stereocenters. The van der Waals surface area contributed by atoms with Crippen LogP contribution in [0.4, 0.5) is 32.1 Å². The van der Waals surface area contributed by atoms with Gasteiger partial charge in [-0.1, -0.05) is 36.4 Å². The molecule has 0 saturated heterocycles. The Bertz CT molecular complexity index is 2840. The summed E-state index contributed by atoms with van der Waals surface area (Å²) in [6.45, 7) is 5.18. The number of hydrogen-bond donors (Lipinski definition) is 6. The maximum Gasteiger partial charge on any atom is 0.326 e. The normalized spacial score (nSPS) is 19.1. The van der Waals surface area contributed by atoms with Gasteiger partial charge in [0.2, 0.25) is 17.7 Å². The molecule has 19 nitrogen and oxygen atoms in total. The monoisotopic (exact) mass is 888 g/mol. The number of carbonyl (C=O) groups is 4. The van der Waals surface area contributed by atoms with Gasteiger partial charge in [-0.2, -0.15) is 10.2 Å². The number of rotatable bonds is 10. The number of aromatic nitrogens is 8. The molecule has 0 spiro atoms. The van der Waals surface area contributed by atoms with Crippen LogP contribution in [0.15, 0.2) is 73.1 Å². The Morgan fingerprint density at radius 2 is 1.18 bits per heavy atom. The minimum atomic E-state index is -1.63. The molecular formula is C44H46F2N14O5. The number of anilines is 4. The summed E-state index contributed by atoms with van der Waals surface area (Å²) >= 11 is 0. The molecule has 0 radical (unpaired) electrons. The number of nitrogens with two attached hydrogens (primary N) is 3. The first-order chi connectivity index (χ1) is 31.1. The first-order valence-corrected chi connectivity index (χ1v) is 20.9. The largest absolute Gasteiger partial charge is 0.465 e. The lowest BCUT2D eigenvalue weighted by atomic mass is 9.83. The van der Waals surface area contributed by atoms with E-state index in [1.54, 1.807) is 77.2 Å². The Balaban J connectivity index is 0.000000163. The minimum Gasteiger partial charge on any atom is -0.465 e. The minimum absolute atomic E-state index is 0.0208. The zero-order valence-corrected chi connectivity index (χ0v) is 35.6. The number of fused-ring (bicyclic) bond motifs is 2. The number of esters is 1. The fourth-order valence-corrected chi connectivity index (χ4v) is 7.13. The second-order valence-corrected chi connectivity index (χ2v) is 16.3. The fourth-order valence-electron chi connectivity index (χ4n) is 7.13. The van der Waals surface area contributed by atoms with E-state index in [1.165, 1.54) is 38.8 Å². The van der Waals surface area contributed by atoms with Crippen molar-refractivity contribution >= 4 is 47.0 Å². The van der Waals surface area contributed by atoms with Crippen LogP contribution in [0.1, 0.15) is 68.7 Å². The van der Waals surface area contributed by atoms with Crippen LogP contribution in [-0.4, -0.2) is 81.9 Å². The number of nitrogens with zero attached hydrogens (tertiary/aromatic N) is 8. The van der Waals surface area contributed by atoms with Crippen LogP contribution in [-0.2, 0) is 47.8 Å². The fraction of sp³-hybridized carbons (Fsp3) is 0.318. The smallest absolute Gasteiger partial charge is 0.326 e. The highest BCUT2D eigenvalue weighted by atomic mass is 19.1. The molecule has 2 unspecified atom stereocenters. The Labute approximate surface area is 370 Å². The van der Waals surface area contributed by atoms with Gasteiger partial charge in [0.25, 0.3) is 0 Å². The molecule has 3 amide bonds. The molecule has 21 heteroatoms. The van der Waals surface area contributed by atoms with Crippen molar-refractivity contribution in [1.82, 2.24) is 44.8 Å². The number of benzene rings is 2. The highest BCUT2D eigenvalue weighted by Crippen LogP contribution is 2.43. The van der Waals surface area contributed by atoms with Crippen LogP contribution in [0.5, 0.6) is 0 Å². The van der Waals surface area contributed by atoms with Crippen molar-refractivity contribution in [1.29, 1.82) is 0 Å². The molecule has 2 aliphatic heterocycles. The van der Waals surface area contributed by atoms with Gasteiger partial charge < -0.3 is 37.9 Å². The van der Waals surface area contributed by atoms with Gasteiger partial charge in [0.1, 0.15) is 46.3 Å². The first kappa shape index (κ1) is 43.9. The third-order valence-corrected chi connectivity index (χ3v) is 11.2. The topological polar surface area (TPSA) is 279 Å². The highest BCUT2D eigenvalue weighted by Gasteiger charge is 2.54. The maximum atomic E-state index is 13.9. The number of halogens is 2. The highest BCUT2D eigenvalue weighted by molar-refractivity contribution is 6.21. The molecule has 6 aromatic rings. The summed E-state index contributed by atoms with van der Waals surface area (Å²) in [5, 5.41) is 16.9. The lowest BCUT2D eigenvalue weighted by Gasteiger charge is -2.21.